The number of benzene rings is 1. The van der Waals surface area contributed by atoms with Crippen LogP contribution in [0.4, 0.5) is 0 Å². The second kappa shape index (κ2) is 7.12. The largest absolute Gasteiger partial charge is 0.287 e. The van der Waals surface area contributed by atoms with E-state index in [0.29, 0.717) is 18.7 Å². The first-order valence-electron chi connectivity index (χ1n) is 7.20. The van der Waals surface area contributed by atoms with E-state index in [4.69, 9.17) is 0 Å². The summed E-state index contributed by atoms with van der Waals surface area (Å²) in [4.78, 5) is 12.9. The fourth-order valence-corrected chi connectivity index (χ4v) is 2.78. The third-order valence-electron chi connectivity index (χ3n) is 3.20. The van der Waals surface area contributed by atoms with Crippen LogP contribution in [0, 0.1) is 0 Å². The summed E-state index contributed by atoms with van der Waals surface area (Å²) < 4.78 is 1.75. The number of nitrogens with one attached hydrogen (secondary N) is 2. The van der Waals surface area contributed by atoms with Crippen molar-refractivity contribution in [2.45, 2.75) is 13.5 Å². The molecular formula is C15H16N6OS. The Morgan fingerprint density at radius 3 is 2.78 bits per heavy atom. The predicted octanol–water partition coefficient (Wildman–Crippen LogP) is 1.70. The van der Waals surface area contributed by atoms with E-state index in [1.54, 1.807) is 28.2 Å². The molecule has 0 aliphatic carbocycles. The lowest BCUT2D eigenvalue weighted by Gasteiger charge is -2.07. The van der Waals surface area contributed by atoms with Crippen molar-refractivity contribution < 1.29 is 4.79 Å². The first-order valence-corrected chi connectivity index (χ1v) is 8.08. The average Bonchev–Trinajstić information content (AvgIpc) is 3.24. The highest BCUT2D eigenvalue weighted by Crippen LogP contribution is 2.22. The van der Waals surface area contributed by atoms with Gasteiger partial charge in [-0.25, -0.2) is 10.1 Å². The Morgan fingerprint density at radius 1 is 1.26 bits per heavy atom. The summed E-state index contributed by atoms with van der Waals surface area (Å²) in [6, 6.07) is 11.3. The van der Waals surface area contributed by atoms with Gasteiger partial charge in [0.15, 0.2) is 5.82 Å². The number of carbonyl (C=O) groups is 1. The fraction of sp³-hybridized carbons (Fsp3) is 0.200. The topological polar surface area (TPSA) is 84.7 Å². The summed E-state index contributed by atoms with van der Waals surface area (Å²) in [6.07, 6.45) is 0. The number of carbonyl (C=O) groups excluding carboxylic acids is 1. The van der Waals surface area contributed by atoms with Crippen molar-refractivity contribution >= 4 is 17.2 Å². The van der Waals surface area contributed by atoms with E-state index < -0.39 is 0 Å². The highest BCUT2D eigenvalue weighted by atomic mass is 32.1. The molecule has 3 aromatic rings. The maximum atomic E-state index is 11.8. The van der Waals surface area contributed by atoms with Gasteiger partial charge in [-0.1, -0.05) is 25.1 Å². The number of thiophene rings is 1. The molecule has 1 amide bonds. The van der Waals surface area contributed by atoms with Crippen molar-refractivity contribution in [1.29, 1.82) is 0 Å². The molecular weight excluding hydrogens is 312 g/mol. The van der Waals surface area contributed by atoms with Crippen molar-refractivity contribution in [1.82, 2.24) is 31.1 Å². The van der Waals surface area contributed by atoms with E-state index in [1.165, 1.54) is 0 Å². The quantitative estimate of drug-likeness (QED) is 0.673. The second-order valence-electron chi connectivity index (χ2n) is 4.82. The highest BCUT2D eigenvalue weighted by Gasteiger charge is 2.10. The molecule has 0 bridgehead atoms. The molecule has 2 aromatic heterocycles. The lowest BCUT2D eigenvalue weighted by atomic mass is 10.1. The molecule has 0 spiro atoms. The molecule has 0 aliphatic rings. The maximum Gasteiger partial charge on any atom is 0.265 e. The van der Waals surface area contributed by atoms with Crippen molar-refractivity contribution in [3.05, 3.63) is 52.9 Å². The molecule has 2 heterocycles. The summed E-state index contributed by atoms with van der Waals surface area (Å²) in [6.45, 7) is 3.14. The van der Waals surface area contributed by atoms with Crippen LogP contribution in [0.3, 0.4) is 0 Å². The number of hydrazine groups is 1. The van der Waals surface area contributed by atoms with Crippen LogP contribution >= 0.6 is 11.3 Å². The Balaban J connectivity index is 1.72. The molecule has 23 heavy (non-hydrogen) atoms. The molecule has 0 radical (unpaired) electrons. The van der Waals surface area contributed by atoms with Crippen molar-refractivity contribution in [3.8, 4) is 10.7 Å². The number of rotatable bonds is 6. The van der Waals surface area contributed by atoms with Gasteiger partial charge < -0.3 is 0 Å². The zero-order chi connectivity index (χ0) is 16.1. The van der Waals surface area contributed by atoms with E-state index in [-0.39, 0.29) is 5.91 Å². The average molecular weight is 328 g/mol. The SMILES string of the molecule is CCNNC(=O)c1ccc(Cn2nnnc2-c2cccs2)cc1. The van der Waals surface area contributed by atoms with E-state index in [2.05, 4.69) is 26.4 Å². The minimum Gasteiger partial charge on any atom is -0.287 e. The fourth-order valence-electron chi connectivity index (χ4n) is 2.07. The molecule has 3 rings (SSSR count). The maximum absolute atomic E-state index is 11.8. The molecule has 0 unspecified atom stereocenters. The number of hydrogen-bond donors (Lipinski definition) is 2. The summed E-state index contributed by atoms with van der Waals surface area (Å²) >= 11 is 1.60. The number of amides is 1. The van der Waals surface area contributed by atoms with Gasteiger partial charge in [-0.3, -0.25) is 10.2 Å². The number of nitrogens with zero attached hydrogens (tertiary/aromatic N) is 4. The Bertz CT molecular complexity index is 766. The van der Waals surface area contributed by atoms with Gasteiger partial charge in [0, 0.05) is 12.1 Å². The van der Waals surface area contributed by atoms with Gasteiger partial charge in [0.2, 0.25) is 0 Å². The first-order chi connectivity index (χ1) is 11.3. The van der Waals surface area contributed by atoms with Gasteiger partial charge in [-0.2, -0.15) is 0 Å². The second-order valence-corrected chi connectivity index (χ2v) is 5.77. The van der Waals surface area contributed by atoms with Crippen molar-refractivity contribution in [2.24, 2.45) is 0 Å². The van der Waals surface area contributed by atoms with Gasteiger partial charge in [-0.15, -0.1) is 16.4 Å². The minimum atomic E-state index is -0.153. The Morgan fingerprint density at radius 2 is 2.09 bits per heavy atom. The van der Waals surface area contributed by atoms with E-state index >= 15 is 0 Å². The van der Waals surface area contributed by atoms with E-state index in [0.717, 1.165) is 16.3 Å². The lowest BCUT2D eigenvalue weighted by Crippen LogP contribution is -2.36. The standard InChI is InChI=1S/C15H16N6OS/c1-2-16-18-15(22)12-7-5-11(6-8-12)10-21-14(17-19-20-21)13-4-3-9-23-13/h3-9,16H,2,10H2,1H3,(H,18,22). The van der Waals surface area contributed by atoms with E-state index in [1.807, 2.05) is 36.6 Å². The van der Waals surface area contributed by atoms with Crippen molar-refractivity contribution in [3.63, 3.8) is 0 Å². The third kappa shape index (κ3) is 3.61. The molecule has 0 saturated heterocycles. The van der Waals surface area contributed by atoms with Gasteiger partial charge in [0.25, 0.3) is 5.91 Å². The smallest absolute Gasteiger partial charge is 0.265 e. The Labute approximate surface area is 137 Å². The van der Waals surface area contributed by atoms with Crippen LogP contribution in [0.15, 0.2) is 41.8 Å². The molecule has 1 aromatic carbocycles. The molecule has 0 atom stereocenters. The Hall–Kier alpha value is -2.58. The summed E-state index contributed by atoms with van der Waals surface area (Å²) in [7, 11) is 0. The highest BCUT2D eigenvalue weighted by molar-refractivity contribution is 7.13. The normalized spacial score (nSPS) is 10.7. The van der Waals surface area contributed by atoms with Crippen LogP contribution in [-0.2, 0) is 6.54 Å². The van der Waals surface area contributed by atoms with Gasteiger partial charge in [-0.05, 0) is 39.6 Å². The van der Waals surface area contributed by atoms with Crippen molar-refractivity contribution in [2.75, 3.05) is 6.54 Å². The predicted molar refractivity (Wildman–Crippen MR) is 87.8 cm³/mol. The molecule has 0 saturated carbocycles. The number of tetrazole rings is 1. The third-order valence-corrected chi connectivity index (χ3v) is 4.07. The molecule has 8 heteroatoms. The summed E-state index contributed by atoms with van der Waals surface area (Å²) in [5.41, 5.74) is 7.03. The van der Waals surface area contributed by atoms with Crippen LogP contribution in [-0.4, -0.2) is 32.7 Å². The molecule has 7 nitrogen and oxygen atoms in total. The monoisotopic (exact) mass is 328 g/mol. The zero-order valence-electron chi connectivity index (χ0n) is 12.6. The van der Waals surface area contributed by atoms with Crippen LogP contribution in [0.5, 0.6) is 0 Å². The number of hydrogen-bond acceptors (Lipinski definition) is 6. The summed E-state index contributed by atoms with van der Waals surface area (Å²) in [5.74, 6) is 0.592. The minimum absolute atomic E-state index is 0.153. The molecule has 0 fully saturated rings. The molecule has 0 aliphatic heterocycles. The lowest BCUT2D eigenvalue weighted by molar-refractivity contribution is 0.0934. The molecule has 2 N–H and O–H groups in total. The van der Waals surface area contributed by atoms with Crippen LogP contribution in [0.2, 0.25) is 0 Å². The summed E-state index contributed by atoms with van der Waals surface area (Å²) in [5, 5.41) is 13.9. The Kier molecular flexibility index (Phi) is 4.74. The van der Waals surface area contributed by atoms with Gasteiger partial charge >= 0.3 is 0 Å². The first kappa shape index (κ1) is 15.3. The number of aromatic nitrogens is 4. The van der Waals surface area contributed by atoms with E-state index in [9.17, 15) is 4.79 Å². The van der Waals surface area contributed by atoms with Crippen LogP contribution in [0.1, 0.15) is 22.8 Å². The van der Waals surface area contributed by atoms with Crippen LogP contribution < -0.4 is 10.9 Å². The van der Waals surface area contributed by atoms with Gasteiger partial charge in [0.1, 0.15) is 0 Å². The van der Waals surface area contributed by atoms with Crippen LogP contribution in [0.25, 0.3) is 10.7 Å². The molecule has 118 valence electrons. The van der Waals surface area contributed by atoms with Gasteiger partial charge in [0.05, 0.1) is 11.4 Å². The zero-order valence-corrected chi connectivity index (χ0v) is 13.4.